The molecule has 1 N–H and O–H groups in total. The average Bonchev–Trinajstić information content (AvgIpc) is 2.75. The first kappa shape index (κ1) is 13.0. The Morgan fingerprint density at radius 3 is 2.68 bits per heavy atom. The van der Waals surface area contributed by atoms with Gasteiger partial charge in [-0.3, -0.25) is 10.1 Å². The molecular formula is C11H8ClN3O4. The Morgan fingerprint density at radius 1 is 1.53 bits per heavy atom. The van der Waals surface area contributed by atoms with Crippen molar-refractivity contribution in [3.8, 4) is 5.69 Å². The third kappa shape index (κ3) is 2.41. The lowest BCUT2D eigenvalue weighted by atomic mass is 10.1. The summed E-state index contributed by atoms with van der Waals surface area (Å²) in [5.74, 6) is -1.25. The van der Waals surface area contributed by atoms with Gasteiger partial charge in [0, 0.05) is 12.3 Å². The van der Waals surface area contributed by atoms with E-state index in [9.17, 15) is 14.9 Å². The van der Waals surface area contributed by atoms with Crippen LogP contribution in [0.25, 0.3) is 5.69 Å². The second-order valence-electron chi connectivity index (χ2n) is 3.80. The van der Waals surface area contributed by atoms with Gasteiger partial charge in [-0.05, 0) is 13.0 Å². The average molecular weight is 282 g/mol. The number of nitrogens with zero attached hydrogens (tertiary/aromatic N) is 3. The number of nitro benzene ring substituents is 1. The first-order valence-electron chi connectivity index (χ1n) is 5.13. The molecule has 0 saturated heterocycles. The summed E-state index contributed by atoms with van der Waals surface area (Å²) in [5.41, 5.74) is 0.161. The lowest BCUT2D eigenvalue weighted by Crippen LogP contribution is -2.06. The van der Waals surface area contributed by atoms with Crippen LogP contribution < -0.4 is 0 Å². The quantitative estimate of drug-likeness (QED) is 0.688. The summed E-state index contributed by atoms with van der Waals surface area (Å²) in [6.45, 7) is 1.52. The summed E-state index contributed by atoms with van der Waals surface area (Å²) < 4.78 is 1.30. The fraction of sp³-hybridized carbons (Fsp3) is 0.0909. The van der Waals surface area contributed by atoms with Crippen LogP contribution in [0.2, 0.25) is 5.02 Å². The van der Waals surface area contributed by atoms with Crippen molar-refractivity contribution in [2.24, 2.45) is 0 Å². The Balaban J connectivity index is 2.72. The lowest BCUT2D eigenvalue weighted by Gasteiger charge is -2.08. The first-order valence-corrected chi connectivity index (χ1v) is 5.51. The molecule has 0 spiro atoms. The third-order valence-corrected chi connectivity index (χ3v) is 2.79. The summed E-state index contributed by atoms with van der Waals surface area (Å²) in [4.78, 5) is 21.3. The van der Waals surface area contributed by atoms with Gasteiger partial charge in [0.05, 0.1) is 33.0 Å². The van der Waals surface area contributed by atoms with Gasteiger partial charge in [0.1, 0.15) is 0 Å². The van der Waals surface area contributed by atoms with Gasteiger partial charge >= 0.3 is 5.97 Å². The molecule has 2 aromatic rings. The van der Waals surface area contributed by atoms with Gasteiger partial charge in [-0.2, -0.15) is 5.10 Å². The smallest absolute Gasteiger partial charge is 0.336 e. The minimum Gasteiger partial charge on any atom is -0.478 e. The van der Waals surface area contributed by atoms with Crippen LogP contribution in [-0.2, 0) is 0 Å². The van der Waals surface area contributed by atoms with Crippen molar-refractivity contribution in [3.63, 3.8) is 0 Å². The number of hydrogen-bond acceptors (Lipinski definition) is 4. The van der Waals surface area contributed by atoms with Crippen molar-refractivity contribution in [1.29, 1.82) is 0 Å². The van der Waals surface area contributed by atoms with Crippen molar-refractivity contribution < 1.29 is 14.8 Å². The number of aromatic nitrogens is 2. The Kier molecular flexibility index (Phi) is 3.22. The highest BCUT2D eigenvalue weighted by atomic mass is 35.5. The summed E-state index contributed by atoms with van der Waals surface area (Å²) >= 11 is 5.73. The van der Waals surface area contributed by atoms with Crippen molar-refractivity contribution >= 4 is 23.3 Å². The molecule has 0 saturated carbocycles. The highest BCUT2D eigenvalue weighted by Crippen LogP contribution is 2.27. The molecule has 8 heteroatoms. The van der Waals surface area contributed by atoms with Crippen LogP contribution >= 0.6 is 11.6 Å². The van der Waals surface area contributed by atoms with Gasteiger partial charge < -0.3 is 5.11 Å². The largest absolute Gasteiger partial charge is 0.478 e. The predicted octanol–water partition coefficient (Wildman–Crippen LogP) is 2.44. The van der Waals surface area contributed by atoms with Crippen LogP contribution in [0.1, 0.15) is 15.9 Å². The maximum absolute atomic E-state index is 11.0. The molecule has 0 unspecified atom stereocenters. The molecule has 0 aliphatic carbocycles. The van der Waals surface area contributed by atoms with Crippen LogP contribution in [-0.4, -0.2) is 25.8 Å². The number of aromatic carboxylic acids is 1. The van der Waals surface area contributed by atoms with Gasteiger partial charge in [0.25, 0.3) is 5.69 Å². The number of hydrogen-bond donors (Lipinski definition) is 1. The zero-order chi connectivity index (χ0) is 14.2. The molecule has 0 amide bonds. The van der Waals surface area contributed by atoms with Crippen LogP contribution in [0.3, 0.4) is 0 Å². The van der Waals surface area contributed by atoms with E-state index in [0.717, 1.165) is 6.07 Å². The topological polar surface area (TPSA) is 98.3 Å². The lowest BCUT2D eigenvalue weighted by molar-refractivity contribution is -0.385. The summed E-state index contributed by atoms with van der Waals surface area (Å²) in [7, 11) is 0. The van der Waals surface area contributed by atoms with E-state index in [1.165, 1.54) is 30.1 Å². The molecule has 1 heterocycles. The fourth-order valence-electron chi connectivity index (χ4n) is 1.67. The minimum absolute atomic E-state index is 0.182. The van der Waals surface area contributed by atoms with E-state index in [0.29, 0.717) is 16.3 Å². The van der Waals surface area contributed by atoms with Crippen molar-refractivity contribution in [2.75, 3.05) is 0 Å². The number of nitro groups is 1. The number of carboxylic acids is 1. The molecule has 2 rings (SSSR count). The number of carbonyl (C=O) groups is 1. The van der Waals surface area contributed by atoms with Gasteiger partial charge in [-0.25, -0.2) is 9.48 Å². The molecule has 0 atom stereocenters. The van der Waals surface area contributed by atoms with E-state index < -0.39 is 10.9 Å². The maximum Gasteiger partial charge on any atom is 0.336 e. The molecule has 0 radical (unpaired) electrons. The van der Waals surface area contributed by atoms with E-state index in [1.807, 2.05) is 0 Å². The van der Waals surface area contributed by atoms with Crippen molar-refractivity contribution in [2.45, 2.75) is 6.92 Å². The Hall–Kier alpha value is -2.41. The van der Waals surface area contributed by atoms with Crippen molar-refractivity contribution in [1.82, 2.24) is 9.78 Å². The van der Waals surface area contributed by atoms with Gasteiger partial charge in [-0.15, -0.1) is 0 Å². The van der Waals surface area contributed by atoms with Gasteiger partial charge in [0.15, 0.2) is 0 Å². The standard InChI is InChI=1S/C11H8ClN3O4/c1-6-9(14-5-8(12)4-13-14)2-7(11(16)17)3-10(6)15(18)19/h2-5H,1H3,(H,16,17). The van der Waals surface area contributed by atoms with E-state index in [-0.39, 0.29) is 11.3 Å². The maximum atomic E-state index is 11.0. The van der Waals surface area contributed by atoms with Crippen LogP contribution in [0.5, 0.6) is 0 Å². The van der Waals surface area contributed by atoms with E-state index in [4.69, 9.17) is 16.7 Å². The van der Waals surface area contributed by atoms with E-state index in [1.54, 1.807) is 0 Å². The van der Waals surface area contributed by atoms with Crippen LogP contribution in [0.4, 0.5) is 5.69 Å². The predicted molar refractivity (Wildman–Crippen MR) is 66.9 cm³/mol. The van der Waals surface area contributed by atoms with E-state index >= 15 is 0 Å². The Morgan fingerprint density at radius 2 is 2.21 bits per heavy atom. The summed E-state index contributed by atoms with van der Waals surface area (Å²) in [6, 6.07) is 2.33. The SMILES string of the molecule is Cc1c(-n2cc(Cl)cn2)cc(C(=O)O)cc1[N+](=O)[O-]. The number of carboxylic acid groups (broad SMARTS) is 1. The molecule has 98 valence electrons. The summed E-state index contributed by atoms with van der Waals surface area (Å²) in [6.07, 6.45) is 2.81. The molecule has 0 aliphatic rings. The highest BCUT2D eigenvalue weighted by molar-refractivity contribution is 6.30. The Bertz CT molecular complexity index is 681. The fourth-order valence-corrected chi connectivity index (χ4v) is 1.80. The molecule has 1 aromatic heterocycles. The monoisotopic (exact) mass is 281 g/mol. The molecule has 7 nitrogen and oxygen atoms in total. The normalized spacial score (nSPS) is 10.4. The molecule has 0 fully saturated rings. The highest BCUT2D eigenvalue weighted by Gasteiger charge is 2.20. The number of halogens is 1. The second-order valence-corrected chi connectivity index (χ2v) is 4.24. The minimum atomic E-state index is -1.25. The second kappa shape index (κ2) is 4.69. The number of benzene rings is 1. The zero-order valence-electron chi connectivity index (χ0n) is 9.70. The molecule has 1 aromatic carbocycles. The molecule has 0 aliphatic heterocycles. The zero-order valence-corrected chi connectivity index (χ0v) is 10.5. The summed E-state index contributed by atoms with van der Waals surface area (Å²) in [5, 5.41) is 24.2. The van der Waals surface area contributed by atoms with Gasteiger partial charge in [0.2, 0.25) is 0 Å². The molecule has 19 heavy (non-hydrogen) atoms. The molecular weight excluding hydrogens is 274 g/mol. The van der Waals surface area contributed by atoms with Crippen molar-refractivity contribution in [3.05, 3.63) is 50.8 Å². The molecule has 0 bridgehead atoms. The third-order valence-electron chi connectivity index (χ3n) is 2.59. The van der Waals surface area contributed by atoms with E-state index in [2.05, 4.69) is 5.10 Å². The Labute approximate surface area is 112 Å². The first-order chi connectivity index (χ1) is 8.90. The van der Waals surface area contributed by atoms with Crippen LogP contribution in [0.15, 0.2) is 24.5 Å². The van der Waals surface area contributed by atoms with Gasteiger partial charge in [-0.1, -0.05) is 11.6 Å². The van der Waals surface area contributed by atoms with Crippen LogP contribution in [0, 0.1) is 17.0 Å². The number of rotatable bonds is 3.